The van der Waals surface area contributed by atoms with Crippen LogP contribution in [-0.2, 0) is 6.61 Å². The van der Waals surface area contributed by atoms with E-state index in [1.807, 2.05) is 55.5 Å². The fraction of sp³-hybridized carbons (Fsp3) is 0.100. The Kier molecular flexibility index (Phi) is 7.60. The van der Waals surface area contributed by atoms with E-state index in [0.29, 0.717) is 44.9 Å². The van der Waals surface area contributed by atoms with Crippen molar-refractivity contribution in [3.8, 4) is 22.9 Å². The molecule has 5 rings (SSSR count). The van der Waals surface area contributed by atoms with Crippen LogP contribution in [0.5, 0.6) is 11.5 Å². The van der Waals surface area contributed by atoms with Crippen LogP contribution in [0.15, 0.2) is 105 Å². The van der Waals surface area contributed by atoms with Crippen molar-refractivity contribution in [1.29, 1.82) is 0 Å². The van der Waals surface area contributed by atoms with Gasteiger partial charge in [-0.3, -0.25) is 4.79 Å². The molecule has 6 nitrogen and oxygen atoms in total. The number of benzene rings is 4. The normalized spacial score (nSPS) is 11.2. The zero-order valence-electron chi connectivity index (χ0n) is 20.5. The first-order valence-electron chi connectivity index (χ1n) is 12.0. The summed E-state index contributed by atoms with van der Waals surface area (Å²) in [4.78, 5) is 18.1. The Morgan fingerprint density at radius 1 is 0.974 bits per heavy atom. The molecular formula is C30H23BrFN3O3. The number of nitrogens with zero attached hydrogens (tertiary/aromatic N) is 3. The lowest BCUT2D eigenvalue weighted by Crippen LogP contribution is -2.20. The molecule has 0 fully saturated rings. The Morgan fingerprint density at radius 2 is 1.71 bits per heavy atom. The smallest absolute Gasteiger partial charge is 0.282 e. The minimum Gasteiger partial charge on any atom is -0.490 e. The highest BCUT2D eigenvalue weighted by molar-refractivity contribution is 9.10. The van der Waals surface area contributed by atoms with Crippen molar-refractivity contribution in [2.24, 2.45) is 5.10 Å². The first-order valence-corrected chi connectivity index (χ1v) is 12.8. The van der Waals surface area contributed by atoms with Gasteiger partial charge in [0.15, 0.2) is 17.3 Å². The summed E-state index contributed by atoms with van der Waals surface area (Å²) in [5.41, 5.74) is 2.62. The van der Waals surface area contributed by atoms with E-state index < -0.39 is 0 Å². The lowest BCUT2D eigenvalue weighted by Gasteiger charge is -2.15. The van der Waals surface area contributed by atoms with Gasteiger partial charge in [0, 0.05) is 5.56 Å². The molecule has 0 saturated heterocycles. The van der Waals surface area contributed by atoms with Crippen LogP contribution in [0, 0.1) is 5.82 Å². The standard InChI is InChI=1S/C30H23BrFN3O3/c1-2-37-27-17-21(16-25(31)28(27)38-19-20-12-14-23(32)15-13-20)18-33-35-29(22-8-4-3-5-9-22)34-26-11-7-6-10-24(26)30(35)36/h3-18H,2,19H2,1H3. The molecule has 0 unspecified atom stereocenters. The van der Waals surface area contributed by atoms with E-state index in [0.717, 1.165) is 11.1 Å². The highest BCUT2D eigenvalue weighted by atomic mass is 79.9. The van der Waals surface area contributed by atoms with E-state index in [1.54, 1.807) is 36.5 Å². The molecular weight excluding hydrogens is 549 g/mol. The molecule has 0 radical (unpaired) electrons. The van der Waals surface area contributed by atoms with E-state index in [1.165, 1.54) is 16.8 Å². The zero-order valence-corrected chi connectivity index (χ0v) is 22.1. The molecule has 0 aliphatic carbocycles. The van der Waals surface area contributed by atoms with Gasteiger partial charge < -0.3 is 9.47 Å². The van der Waals surface area contributed by atoms with E-state index >= 15 is 0 Å². The average Bonchev–Trinajstić information content (AvgIpc) is 2.93. The van der Waals surface area contributed by atoms with Gasteiger partial charge in [0.2, 0.25) is 0 Å². The summed E-state index contributed by atoms with van der Waals surface area (Å²) in [5, 5.41) is 5.02. The van der Waals surface area contributed by atoms with Gasteiger partial charge in [-0.15, -0.1) is 0 Å². The summed E-state index contributed by atoms with van der Waals surface area (Å²) in [6.45, 7) is 2.54. The molecule has 0 spiro atoms. The largest absolute Gasteiger partial charge is 0.490 e. The molecule has 5 aromatic rings. The molecule has 0 amide bonds. The first kappa shape index (κ1) is 25.4. The van der Waals surface area contributed by atoms with Gasteiger partial charge in [-0.25, -0.2) is 9.37 Å². The SMILES string of the molecule is CCOc1cc(C=Nn2c(-c3ccccc3)nc3ccccc3c2=O)cc(Br)c1OCc1ccc(F)cc1. The number of hydrogen-bond donors (Lipinski definition) is 0. The third-order valence-electron chi connectivity index (χ3n) is 5.74. The number of hydrogen-bond acceptors (Lipinski definition) is 5. The average molecular weight is 572 g/mol. The fourth-order valence-electron chi connectivity index (χ4n) is 3.93. The monoisotopic (exact) mass is 571 g/mol. The Balaban J connectivity index is 1.52. The van der Waals surface area contributed by atoms with Crippen LogP contribution < -0.4 is 15.0 Å². The molecule has 0 aliphatic rings. The van der Waals surface area contributed by atoms with Crippen LogP contribution in [0.1, 0.15) is 18.1 Å². The van der Waals surface area contributed by atoms with Crippen LogP contribution in [0.2, 0.25) is 0 Å². The molecule has 0 atom stereocenters. The van der Waals surface area contributed by atoms with Crippen molar-refractivity contribution in [3.05, 3.63) is 123 Å². The summed E-state index contributed by atoms with van der Waals surface area (Å²) in [6, 6.07) is 26.4. The van der Waals surface area contributed by atoms with Crippen LogP contribution >= 0.6 is 15.9 Å². The summed E-state index contributed by atoms with van der Waals surface area (Å²) in [5.74, 6) is 1.17. The van der Waals surface area contributed by atoms with Gasteiger partial charge in [-0.05, 0) is 70.4 Å². The highest BCUT2D eigenvalue weighted by Crippen LogP contribution is 2.37. The summed E-state index contributed by atoms with van der Waals surface area (Å²) >= 11 is 3.57. The van der Waals surface area contributed by atoms with Gasteiger partial charge in [0.05, 0.1) is 28.2 Å². The minimum atomic E-state index is -0.301. The second-order valence-corrected chi connectivity index (χ2v) is 9.21. The number of halogens is 2. The predicted molar refractivity (Wildman–Crippen MR) is 150 cm³/mol. The van der Waals surface area contributed by atoms with Crippen molar-refractivity contribution >= 4 is 33.0 Å². The summed E-state index contributed by atoms with van der Waals surface area (Å²) in [6.07, 6.45) is 1.58. The van der Waals surface area contributed by atoms with Gasteiger partial charge in [-0.1, -0.05) is 54.6 Å². The van der Waals surface area contributed by atoms with E-state index in [2.05, 4.69) is 21.0 Å². The molecule has 1 heterocycles. The molecule has 4 aromatic carbocycles. The van der Waals surface area contributed by atoms with E-state index in [9.17, 15) is 9.18 Å². The first-order chi connectivity index (χ1) is 18.5. The van der Waals surface area contributed by atoms with Gasteiger partial charge in [0.1, 0.15) is 12.4 Å². The minimum absolute atomic E-state index is 0.241. The number of ether oxygens (including phenoxy) is 2. The van der Waals surface area contributed by atoms with E-state index in [-0.39, 0.29) is 18.0 Å². The van der Waals surface area contributed by atoms with Crippen LogP contribution in [0.25, 0.3) is 22.3 Å². The third-order valence-corrected chi connectivity index (χ3v) is 6.33. The Bertz CT molecular complexity index is 1670. The third kappa shape index (κ3) is 5.50. The quantitative estimate of drug-likeness (QED) is 0.191. The lowest BCUT2D eigenvalue weighted by molar-refractivity contribution is 0.267. The van der Waals surface area contributed by atoms with E-state index in [4.69, 9.17) is 14.5 Å². The maximum atomic E-state index is 13.4. The number of aromatic nitrogens is 2. The van der Waals surface area contributed by atoms with Crippen LogP contribution in [-0.4, -0.2) is 22.5 Å². The molecule has 0 saturated carbocycles. The van der Waals surface area contributed by atoms with Crippen molar-refractivity contribution in [2.45, 2.75) is 13.5 Å². The maximum absolute atomic E-state index is 13.4. The molecule has 8 heteroatoms. The Morgan fingerprint density at radius 3 is 2.47 bits per heavy atom. The number of para-hydroxylation sites is 1. The zero-order chi connectivity index (χ0) is 26.5. The second kappa shape index (κ2) is 11.4. The molecule has 1 aromatic heterocycles. The van der Waals surface area contributed by atoms with Gasteiger partial charge in [-0.2, -0.15) is 9.78 Å². The number of fused-ring (bicyclic) bond motifs is 1. The fourth-order valence-corrected chi connectivity index (χ4v) is 4.51. The maximum Gasteiger partial charge on any atom is 0.282 e. The summed E-state index contributed by atoms with van der Waals surface area (Å²) < 4.78 is 27.0. The van der Waals surface area contributed by atoms with Gasteiger partial charge in [0.25, 0.3) is 5.56 Å². The summed E-state index contributed by atoms with van der Waals surface area (Å²) in [7, 11) is 0. The van der Waals surface area contributed by atoms with Gasteiger partial charge >= 0.3 is 0 Å². The Hall–Kier alpha value is -4.30. The molecule has 0 N–H and O–H groups in total. The topological polar surface area (TPSA) is 65.7 Å². The van der Waals surface area contributed by atoms with Crippen molar-refractivity contribution in [2.75, 3.05) is 6.61 Å². The van der Waals surface area contributed by atoms with Crippen molar-refractivity contribution < 1.29 is 13.9 Å². The highest BCUT2D eigenvalue weighted by Gasteiger charge is 2.14. The Labute approximate surface area is 227 Å². The van der Waals surface area contributed by atoms with Crippen LogP contribution in [0.4, 0.5) is 4.39 Å². The molecule has 0 aliphatic heterocycles. The predicted octanol–water partition coefficient (Wildman–Crippen LogP) is 6.83. The van der Waals surface area contributed by atoms with Crippen molar-refractivity contribution in [3.63, 3.8) is 0 Å². The van der Waals surface area contributed by atoms with Crippen LogP contribution in [0.3, 0.4) is 0 Å². The second-order valence-electron chi connectivity index (χ2n) is 8.36. The molecule has 38 heavy (non-hydrogen) atoms. The number of rotatable bonds is 8. The molecule has 0 bridgehead atoms. The molecule has 190 valence electrons. The van der Waals surface area contributed by atoms with Crippen molar-refractivity contribution in [1.82, 2.24) is 9.66 Å². The lowest BCUT2D eigenvalue weighted by atomic mass is 10.2.